The van der Waals surface area contributed by atoms with Gasteiger partial charge in [0.05, 0.1) is 22.1 Å². The molecule has 130 valence electrons. The third-order valence-electron chi connectivity index (χ3n) is 5.03. The van der Waals surface area contributed by atoms with Gasteiger partial charge in [0.15, 0.2) is 9.84 Å². The lowest BCUT2D eigenvalue weighted by Gasteiger charge is -2.18. The topological polar surface area (TPSA) is 91.8 Å². The Morgan fingerprint density at radius 2 is 1.88 bits per heavy atom. The number of sulfone groups is 1. The Balaban J connectivity index is 1.89. The molecule has 6 nitrogen and oxygen atoms in total. The van der Waals surface area contributed by atoms with Crippen LogP contribution < -0.4 is 0 Å². The van der Waals surface area contributed by atoms with E-state index in [9.17, 15) is 23.1 Å². The fraction of sp³-hybridized carbons (Fsp3) is 0.529. The molecule has 1 aliphatic heterocycles. The van der Waals surface area contributed by atoms with Crippen LogP contribution in [0.3, 0.4) is 0 Å². The van der Waals surface area contributed by atoms with Crippen LogP contribution in [0.25, 0.3) is 0 Å². The van der Waals surface area contributed by atoms with Crippen molar-refractivity contribution in [3.05, 3.63) is 29.8 Å². The maximum Gasteiger partial charge on any atom is 0.308 e. The number of hydrogen-bond acceptors (Lipinski definition) is 4. The van der Waals surface area contributed by atoms with Crippen LogP contribution in [0.5, 0.6) is 0 Å². The highest BCUT2D eigenvalue weighted by Gasteiger charge is 2.47. The molecular weight excluding hydrogens is 330 g/mol. The van der Waals surface area contributed by atoms with Crippen molar-refractivity contribution in [2.45, 2.75) is 24.7 Å². The van der Waals surface area contributed by atoms with Crippen LogP contribution in [-0.4, -0.2) is 49.1 Å². The van der Waals surface area contributed by atoms with E-state index in [1.165, 1.54) is 24.0 Å². The molecule has 2 atom stereocenters. The highest BCUT2D eigenvalue weighted by Crippen LogP contribution is 2.44. The molecule has 0 spiro atoms. The zero-order valence-corrected chi connectivity index (χ0v) is 14.3. The first kappa shape index (κ1) is 17.0. The summed E-state index contributed by atoms with van der Waals surface area (Å²) in [7, 11) is -3.51. The van der Waals surface area contributed by atoms with Gasteiger partial charge in [0.1, 0.15) is 0 Å². The zero-order valence-electron chi connectivity index (χ0n) is 13.5. The molecule has 1 aliphatic carbocycles. The summed E-state index contributed by atoms with van der Waals surface area (Å²) in [6.07, 6.45) is 2.02. The fourth-order valence-electron chi connectivity index (χ4n) is 3.50. The molecular formula is C17H21NO5S. The first-order valence-corrected chi connectivity index (χ1v) is 9.84. The Hall–Kier alpha value is -1.89. The highest BCUT2D eigenvalue weighted by molar-refractivity contribution is 7.91. The van der Waals surface area contributed by atoms with E-state index in [-0.39, 0.29) is 28.7 Å². The molecule has 24 heavy (non-hydrogen) atoms. The molecule has 1 N–H and O–H groups in total. The van der Waals surface area contributed by atoms with Gasteiger partial charge in [-0.25, -0.2) is 8.42 Å². The number of carbonyl (C=O) groups excluding carboxylic acids is 1. The van der Waals surface area contributed by atoms with Crippen molar-refractivity contribution in [2.75, 3.05) is 18.8 Å². The lowest BCUT2D eigenvalue weighted by molar-refractivity contribution is -0.142. The summed E-state index contributed by atoms with van der Waals surface area (Å²) in [4.78, 5) is 25.9. The van der Waals surface area contributed by atoms with E-state index in [1.807, 2.05) is 0 Å². The van der Waals surface area contributed by atoms with E-state index in [2.05, 4.69) is 0 Å². The summed E-state index contributed by atoms with van der Waals surface area (Å²) in [6, 6.07) is 6.17. The van der Waals surface area contributed by atoms with Gasteiger partial charge in [-0.3, -0.25) is 9.59 Å². The molecule has 2 fully saturated rings. The SMILES string of the molecule is CCS(=O)(=O)c1ccccc1C(=O)N1C[C@H](C(=O)O)[C@@H](C2CC2)C1. The first-order valence-electron chi connectivity index (χ1n) is 8.19. The van der Waals surface area contributed by atoms with Gasteiger partial charge in [0.2, 0.25) is 0 Å². The largest absolute Gasteiger partial charge is 0.481 e. The number of benzene rings is 1. The number of carbonyl (C=O) groups is 2. The second-order valence-electron chi connectivity index (χ2n) is 6.56. The Morgan fingerprint density at radius 1 is 1.21 bits per heavy atom. The molecule has 1 heterocycles. The van der Waals surface area contributed by atoms with Crippen LogP contribution in [0.2, 0.25) is 0 Å². The Labute approximate surface area is 141 Å². The van der Waals surface area contributed by atoms with E-state index < -0.39 is 27.6 Å². The average molecular weight is 351 g/mol. The van der Waals surface area contributed by atoms with Crippen molar-refractivity contribution < 1.29 is 23.1 Å². The molecule has 1 aromatic rings. The Bertz CT molecular complexity index is 769. The van der Waals surface area contributed by atoms with Gasteiger partial charge in [-0.15, -0.1) is 0 Å². The van der Waals surface area contributed by atoms with Crippen molar-refractivity contribution in [1.82, 2.24) is 4.90 Å². The van der Waals surface area contributed by atoms with Gasteiger partial charge in [0.25, 0.3) is 5.91 Å². The summed E-state index contributed by atoms with van der Waals surface area (Å²) >= 11 is 0. The first-order chi connectivity index (χ1) is 11.3. The predicted octanol–water partition coefficient (Wildman–Crippen LogP) is 1.66. The number of carboxylic acids is 1. The number of nitrogens with zero attached hydrogens (tertiary/aromatic N) is 1. The predicted molar refractivity (Wildman–Crippen MR) is 87.4 cm³/mol. The minimum atomic E-state index is -3.51. The van der Waals surface area contributed by atoms with Crippen LogP contribution in [0.4, 0.5) is 0 Å². The molecule has 0 bridgehead atoms. The second kappa shape index (κ2) is 6.20. The van der Waals surface area contributed by atoms with Gasteiger partial charge in [-0.05, 0) is 36.8 Å². The third-order valence-corrected chi connectivity index (χ3v) is 6.82. The molecule has 2 aliphatic rings. The average Bonchev–Trinajstić information content (AvgIpc) is 3.32. The molecule has 3 rings (SSSR count). The number of rotatable bonds is 5. The van der Waals surface area contributed by atoms with Crippen LogP contribution in [0, 0.1) is 17.8 Å². The van der Waals surface area contributed by atoms with Crippen molar-refractivity contribution in [3.63, 3.8) is 0 Å². The number of likely N-dealkylation sites (tertiary alicyclic amines) is 1. The summed E-state index contributed by atoms with van der Waals surface area (Å²) in [5, 5.41) is 9.42. The van der Waals surface area contributed by atoms with Crippen LogP contribution in [0.1, 0.15) is 30.1 Å². The van der Waals surface area contributed by atoms with Gasteiger partial charge in [-0.2, -0.15) is 0 Å². The van der Waals surface area contributed by atoms with E-state index in [4.69, 9.17) is 0 Å². The van der Waals surface area contributed by atoms with Crippen LogP contribution in [-0.2, 0) is 14.6 Å². The minimum Gasteiger partial charge on any atom is -0.481 e. The number of amides is 1. The molecule has 7 heteroatoms. The molecule has 1 aromatic carbocycles. The molecule has 1 saturated carbocycles. The zero-order chi connectivity index (χ0) is 17.5. The van der Waals surface area contributed by atoms with Gasteiger partial charge in [0, 0.05) is 13.1 Å². The highest BCUT2D eigenvalue weighted by atomic mass is 32.2. The second-order valence-corrected chi connectivity index (χ2v) is 8.80. The fourth-order valence-corrected chi connectivity index (χ4v) is 4.59. The lowest BCUT2D eigenvalue weighted by atomic mass is 9.92. The number of carboxylic acid groups (broad SMARTS) is 1. The van der Waals surface area contributed by atoms with E-state index >= 15 is 0 Å². The maximum atomic E-state index is 12.9. The van der Waals surface area contributed by atoms with Crippen molar-refractivity contribution in [3.8, 4) is 0 Å². The Kier molecular flexibility index (Phi) is 4.38. The molecule has 1 amide bonds. The Morgan fingerprint density at radius 3 is 2.46 bits per heavy atom. The monoisotopic (exact) mass is 351 g/mol. The third kappa shape index (κ3) is 3.05. The van der Waals surface area contributed by atoms with Crippen LogP contribution >= 0.6 is 0 Å². The molecule has 1 saturated heterocycles. The van der Waals surface area contributed by atoms with Crippen molar-refractivity contribution in [1.29, 1.82) is 0 Å². The standard InChI is InChI=1S/C17H21NO5S/c1-2-24(22,23)15-6-4-3-5-12(15)16(19)18-9-13(11-7-8-11)14(10-18)17(20)21/h3-6,11,13-14H,2,7-10H2,1H3,(H,20,21)/t13-,14+/m1/s1. The molecule has 0 radical (unpaired) electrons. The van der Waals surface area contributed by atoms with Gasteiger partial charge < -0.3 is 10.0 Å². The van der Waals surface area contributed by atoms with E-state index in [0.717, 1.165) is 12.8 Å². The number of aliphatic carboxylic acids is 1. The normalized spacial score (nSPS) is 24.1. The quantitative estimate of drug-likeness (QED) is 0.871. The molecule has 0 unspecified atom stereocenters. The maximum absolute atomic E-state index is 12.9. The van der Waals surface area contributed by atoms with E-state index in [0.29, 0.717) is 12.5 Å². The van der Waals surface area contributed by atoms with Gasteiger partial charge in [-0.1, -0.05) is 19.1 Å². The van der Waals surface area contributed by atoms with E-state index in [1.54, 1.807) is 12.1 Å². The summed E-state index contributed by atoms with van der Waals surface area (Å²) < 4.78 is 24.5. The smallest absolute Gasteiger partial charge is 0.308 e. The summed E-state index contributed by atoms with van der Waals surface area (Å²) in [5.74, 6) is -1.57. The van der Waals surface area contributed by atoms with Gasteiger partial charge >= 0.3 is 5.97 Å². The minimum absolute atomic E-state index is 0.0265. The summed E-state index contributed by atoms with van der Waals surface area (Å²) in [5.41, 5.74) is 0.139. The molecule has 0 aromatic heterocycles. The summed E-state index contributed by atoms with van der Waals surface area (Å²) in [6.45, 7) is 2.08. The van der Waals surface area contributed by atoms with Crippen molar-refractivity contribution in [2.24, 2.45) is 17.8 Å². The number of hydrogen-bond donors (Lipinski definition) is 1. The lowest BCUT2D eigenvalue weighted by Crippen LogP contribution is -2.31. The van der Waals surface area contributed by atoms with Crippen molar-refractivity contribution >= 4 is 21.7 Å². The van der Waals surface area contributed by atoms with Crippen LogP contribution in [0.15, 0.2) is 29.2 Å².